The Kier molecular flexibility index (Phi) is 6.78. The predicted octanol–water partition coefficient (Wildman–Crippen LogP) is 2.04. The zero-order chi connectivity index (χ0) is 13.4. The average Bonchev–Trinajstić information content (AvgIpc) is 2.35. The van der Waals surface area contributed by atoms with Crippen LogP contribution >= 0.6 is 0 Å². The van der Waals surface area contributed by atoms with Crippen LogP contribution in [-0.2, 0) is 11.2 Å². The lowest BCUT2D eigenvalue weighted by Crippen LogP contribution is -2.37. The number of aryl methyl sites for hydroxylation is 1. The molecule has 0 heterocycles. The zero-order valence-corrected chi connectivity index (χ0v) is 10.5. The quantitative estimate of drug-likeness (QED) is 0.426. The number of benzene rings is 1. The Morgan fingerprint density at radius 2 is 1.94 bits per heavy atom. The molecule has 1 aromatic rings. The standard InChI is InChI=1S/C13H20F2N2O/c1-10-2-4-11(5-3-10)8-12(17-16)6-7-18-9-13(14)15/h2-5,12-13,17H,6-9,16H2,1H3. The monoisotopic (exact) mass is 258 g/mol. The van der Waals surface area contributed by atoms with Crippen LogP contribution in [0.4, 0.5) is 8.78 Å². The van der Waals surface area contributed by atoms with Gasteiger partial charge in [0.2, 0.25) is 0 Å². The van der Waals surface area contributed by atoms with Crippen molar-refractivity contribution in [3.05, 3.63) is 35.4 Å². The number of hydrogen-bond acceptors (Lipinski definition) is 3. The molecular weight excluding hydrogens is 238 g/mol. The fourth-order valence-electron chi connectivity index (χ4n) is 1.65. The van der Waals surface area contributed by atoms with E-state index in [0.29, 0.717) is 6.42 Å². The van der Waals surface area contributed by atoms with E-state index in [9.17, 15) is 8.78 Å². The first-order valence-electron chi connectivity index (χ1n) is 5.99. The molecule has 18 heavy (non-hydrogen) atoms. The molecule has 0 aliphatic heterocycles. The molecule has 0 amide bonds. The zero-order valence-electron chi connectivity index (χ0n) is 10.5. The van der Waals surface area contributed by atoms with E-state index in [4.69, 9.17) is 10.6 Å². The van der Waals surface area contributed by atoms with E-state index in [1.165, 1.54) is 5.56 Å². The van der Waals surface area contributed by atoms with E-state index in [1.54, 1.807) is 0 Å². The third-order valence-electron chi connectivity index (χ3n) is 2.69. The van der Waals surface area contributed by atoms with Gasteiger partial charge in [0, 0.05) is 12.6 Å². The normalized spacial score (nSPS) is 12.9. The number of halogens is 2. The highest BCUT2D eigenvalue weighted by Crippen LogP contribution is 2.08. The molecule has 0 aliphatic carbocycles. The van der Waals surface area contributed by atoms with Gasteiger partial charge in [-0.2, -0.15) is 0 Å². The molecule has 0 fully saturated rings. The molecule has 102 valence electrons. The van der Waals surface area contributed by atoms with Crippen molar-refractivity contribution in [3.8, 4) is 0 Å². The lowest BCUT2D eigenvalue weighted by Gasteiger charge is -2.16. The number of hydrogen-bond donors (Lipinski definition) is 2. The maximum Gasteiger partial charge on any atom is 0.261 e. The second-order valence-corrected chi connectivity index (χ2v) is 4.31. The summed E-state index contributed by atoms with van der Waals surface area (Å²) in [5.41, 5.74) is 5.05. The van der Waals surface area contributed by atoms with E-state index in [2.05, 4.69) is 5.43 Å². The minimum atomic E-state index is -2.41. The third-order valence-corrected chi connectivity index (χ3v) is 2.69. The van der Waals surface area contributed by atoms with Crippen LogP contribution in [0.15, 0.2) is 24.3 Å². The second-order valence-electron chi connectivity index (χ2n) is 4.31. The molecule has 0 radical (unpaired) electrons. The maximum absolute atomic E-state index is 11.9. The Labute approximate surface area is 106 Å². The summed E-state index contributed by atoms with van der Waals surface area (Å²) in [7, 11) is 0. The molecule has 3 nitrogen and oxygen atoms in total. The fraction of sp³-hybridized carbons (Fsp3) is 0.538. The van der Waals surface area contributed by atoms with E-state index in [1.807, 2.05) is 31.2 Å². The number of hydrazine groups is 1. The first-order chi connectivity index (χ1) is 8.61. The summed E-state index contributed by atoms with van der Waals surface area (Å²) in [5, 5.41) is 0. The number of alkyl halides is 2. The van der Waals surface area contributed by atoms with Crippen molar-refractivity contribution < 1.29 is 13.5 Å². The summed E-state index contributed by atoms with van der Waals surface area (Å²) in [6.07, 6.45) is -1.04. The van der Waals surface area contributed by atoms with Crippen LogP contribution in [0.1, 0.15) is 17.5 Å². The van der Waals surface area contributed by atoms with E-state index < -0.39 is 13.0 Å². The topological polar surface area (TPSA) is 47.3 Å². The van der Waals surface area contributed by atoms with Crippen LogP contribution < -0.4 is 11.3 Å². The van der Waals surface area contributed by atoms with Crippen LogP contribution in [0, 0.1) is 6.92 Å². The molecule has 1 unspecified atom stereocenters. The second kappa shape index (κ2) is 8.13. The van der Waals surface area contributed by atoms with Gasteiger partial charge in [0.15, 0.2) is 0 Å². The highest BCUT2D eigenvalue weighted by Gasteiger charge is 2.09. The van der Waals surface area contributed by atoms with Crippen LogP contribution in [0.3, 0.4) is 0 Å². The van der Waals surface area contributed by atoms with Gasteiger partial charge in [-0.3, -0.25) is 11.3 Å². The molecule has 1 rings (SSSR count). The Bertz CT molecular complexity index is 330. The minimum absolute atomic E-state index is 0.0328. The van der Waals surface area contributed by atoms with Crippen molar-refractivity contribution in [1.82, 2.24) is 5.43 Å². The molecule has 0 aliphatic rings. The first-order valence-corrected chi connectivity index (χ1v) is 5.99. The van der Waals surface area contributed by atoms with Gasteiger partial charge in [0.1, 0.15) is 6.61 Å². The predicted molar refractivity (Wildman–Crippen MR) is 67.4 cm³/mol. The number of nitrogens with two attached hydrogens (primary N) is 1. The average molecular weight is 258 g/mol. The Hall–Kier alpha value is -1.04. The number of ether oxygens (including phenoxy) is 1. The summed E-state index contributed by atoms with van der Waals surface area (Å²) < 4.78 is 28.6. The molecule has 1 atom stereocenters. The molecule has 1 aromatic carbocycles. The molecule has 3 N–H and O–H groups in total. The van der Waals surface area contributed by atoms with Gasteiger partial charge < -0.3 is 4.74 Å². The van der Waals surface area contributed by atoms with Gasteiger partial charge in [-0.05, 0) is 25.3 Å². The molecule has 0 bridgehead atoms. The maximum atomic E-state index is 11.9. The van der Waals surface area contributed by atoms with Gasteiger partial charge in [0.05, 0.1) is 0 Å². The Balaban J connectivity index is 2.30. The SMILES string of the molecule is Cc1ccc(CC(CCOCC(F)F)NN)cc1. The number of rotatable bonds is 8. The van der Waals surface area contributed by atoms with Crippen molar-refractivity contribution >= 4 is 0 Å². The summed E-state index contributed by atoms with van der Waals surface area (Å²) in [6, 6.07) is 8.19. The lowest BCUT2D eigenvalue weighted by atomic mass is 10.0. The van der Waals surface area contributed by atoms with Crippen molar-refractivity contribution in [3.63, 3.8) is 0 Å². The molecule has 0 saturated carbocycles. The fourth-order valence-corrected chi connectivity index (χ4v) is 1.65. The molecule has 0 aromatic heterocycles. The lowest BCUT2D eigenvalue weighted by molar-refractivity contribution is 0.0144. The number of nitrogens with one attached hydrogen (secondary N) is 1. The van der Waals surface area contributed by atoms with E-state index in [0.717, 1.165) is 12.0 Å². The van der Waals surface area contributed by atoms with E-state index >= 15 is 0 Å². The van der Waals surface area contributed by atoms with Gasteiger partial charge in [0.25, 0.3) is 6.43 Å². The van der Waals surface area contributed by atoms with E-state index in [-0.39, 0.29) is 12.6 Å². The molecule has 5 heteroatoms. The van der Waals surface area contributed by atoms with Crippen LogP contribution in [-0.4, -0.2) is 25.7 Å². The summed E-state index contributed by atoms with van der Waals surface area (Å²) >= 11 is 0. The van der Waals surface area contributed by atoms with Gasteiger partial charge in [-0.1, -0.05) is 29.8 Å². The molecule has 0 saturated heterocycles. The van der Waals surface area contributed by atoms with Crippen LogP contribution in [0.2, 0.25) is 0 Å². The van der Waals surface area contributed by atoms with Gasteiger partial charge in [-0.15, -0.1) is 0 Å². The Morgan fingerprint density at radius 1 is 1.28 bits per heavy atom. The van der Waals surface area contributed by atoms with Gasteiger partial charge >= 0.3 is 0 Å². The highest BCUT2D eigenvalue weighted by molar-refractivity contribution is 5.22. The highest BCUT2D eigenvalue weighted by atomic mass is 19.3. The van der Waals surface area contributed by atoms with Crippen molar-refractivity contribution in [2.45, 2.75) is 32.2 Å². The minimum Gasteiger partial charge on any atom is -0.375 e. The smallest absolute Gasteiger partial charge is 0.261 e. The van der Waals surface area contributed by atoms with Gasteiger partial charge in [-0.25, -0.2) is 8.78 Å². The molecular formula is C13H20F2N2O. The first kappa shape index (κ1) is 15.0. The molecule has 0 spiro atoms. The largest absolute Gasteiger partial charge is 0.375 e. The third kappa shape index (κ3) is 6.05. The summed E-state index contributed by atoms with van der Waals surface area (Å²) in [4.78, 5) is 0. The Morgan fingerprint density at radius 3 is 2.50 bits per heavy atom. The van der Waals surface area contributed by atoms with Crippen molar-refractivity contribution in [2.24, 2.45) is 5.84 Å². The van der Waals surface area contributed by atoms with Crippen molar-refractivity contribution in [2.75, 3.05) is 13.2 Å². The van der Waals surface area contributed by atoms with Crippen LogP contribution in [0.25, 0.3) is 0 Å². The van der Waals surface area contributed by atoms with Crippen LogP contribution in [0.5, 0.6) is 0 Å². The summed E-state index contributed by atoms with van der Waals surface area (Å²) in [5.74, 6) is 5.44. The summed E-state index contributed by atoms with van der Waals surface area (Å²) in [6.45, 7) is 1.80. The van der Waals surface area contributed by atoms with Crippen molar-refractivity contribution in [1.29, 1.82) is 0 Å².